The van der Waals surface area contributed by atoms with Crippen LogP contribution in [0.4, 0.5) is 0 Å². The SMILES string of the molecule is N#C/C(=C\c1ccc2c(c1)c1ccccc1n2-c1ccccc1)c1ccccc1. The Morgan fingerprint density at radius 1 is 0.690 bits per heavy atom. The molecule has 0 aliphatic carbocycles. The average molecular weight is 370 g/mol. The van der Waals surface area contributed by atoms with Gasteiger partial charge < -0.3 is 4.57 Å². The number of allylic oxidation sites excluding steroid dienone is 1. The summed E-state index contributed by atoms with van der Waals surface area (Å²) in [6.07, 6.45) is 1.96. The van der Waals surface area contributed by atoms with Gasteiger partial charge in [-0.3, -0.25) is 0 Å². The lowest BCUT2D eigenvalue weighted by Crippen LogP contribution is -1.92. The number of para-hydroxylation sites is 2. The zero-order valence-electron chi connectivity index (χ0n) is 15.8. The number of hydrogen-bond acceptors (Lipinski definition) is 1. The predicted molar refractivity (Wildman–Crippen MR) is 121 cm³/mol. The molecule has 0 unspecified atom stereocenters. The molecule has 0 saturated carbocycles. The minimum absolute atomic E-state index is 0.664. The van der Waals surface area contributed by atoms with E-state index in [4.69, 9.17) is 0 Å². The van der Waals surface area contributed by atoms with Crippen molar-refractivity contribution in [1.29, 1.82) is 5.26 Å². The summed E-state index contributed by atoms with van der Waals surface area (Å²) in [6, 6.07) is 37.4. The van der Waals surface area contributed by atoms with Gasteiger partial charge >= 0.3 is 0 Å². The quantitative estimate of drug-likeness (QED) is 0.252. The molecule has 4 aromatic carbocycles. The molecule has 1 aromatic heterocycles. The lowest BCUT2D eigenvalue weighted by Gasteiger charge is -2.07. The van der Waals surface area contributed by atoms with E-state index in [9.17, 15) is 5.26 Å². The Hall–Kier alpha value is -4.09. The van der Waals surface area contributed by atoms with E-state index in [1.807, 2.05) is 42.5 Å². The highest BCUT2D eigenvalue weighted by molar-refractivity contribution is 6.10. The van der Waals surface area contributed by atoms with Crippen LogP contribution < -0.4 is 0 Å². The van der Waals surface area contributed by atoms with Crippen molar-refractivity contribution in [2.75, 3.05) is 0 Å². The molecule has 0 amide bonds. The van der Waals surface area contributed by atoms with E-state index in [0.29, 0.717) is 5.57 Å². The summed E-state index contributed by atoms with van der Waals surface area (Å²) in [7, 11) is 0. The summed E-state index contributed by atoms with van der Waals surface area (Å²) in [5.41, 5.74) is 6.10. The molecular weight excluding hydrogens is 352 g/mol. The maximum atomic E-state index is 9.66. The van der Waals surface area contributed by atoms with Gasteiger partial charge in [-0.05, 0) is 47.5 Å². The van der Waals surface area contributed by atoms with Crippen molar-refractivity contribution >= 4 is 33.5 Å². The van der Waals surface area contributed by atoms with Crippen LogP contribution >= 0.6 is 0 Å². The van der Waals surface area contributed by atoms with Crippen LogP contribution in [-0.4, -0.2) is 4.57 Å². The molecule has 0 atom stereocenters. The van der Waals surface area contributed by atoms with E-state index in [2.05, 4.69) is 77.4 Å². The standard InChI is InChI=1S/C27H18N2/c28-19-22(21-9-3-1-4-10-21)17-20-15-16-27-25(18-20)24-13-7-8-14-26(24)29(27)23-11-5-2-6-12-23/h1-18H/b22-17+. The van der Waals surface area contributed by atoms with Crippen molar-refractivity contribution in [2.45, 2.75) is 0 Å². The minimum atomic E-state index is 0.664. The number of nitrogens with zero attached hydrogens (tertiary/aromatic N) is 2. The van der Waals surface area contributed by atoms with Crippen molar-refractivity contribution in [2.24, 2.45) is 0 Å². The van der Waals surface area contributed by atoms with Gasteiger partial charge in [0.25, 0.3) is 0 Å². The molecule has 2 nitrogen and oxygen atoms in total. The number of fused-ring (bicyclic) bond motifs is 3. The van der Waals surface area contributed by atoms with E-state index >= 15 is 0 Å². The smallest absolute Gasteiger partial charge is 0.0998 e. The van der Waals surface area contributed by atoms with Crippen LogP contribution in [0.5, 0.6) is 0 Å². The van der Waals surface area contributed by atoms with E-state index in [1.54, 1.807) is 0 Å². The lowest BCUT2D eigenvalue weighted by atomic mass is 10.0. The first-order chi connectivity index (χ1) is 14.3. The highest BCUT2D eigenvalue weighted by Gasteiger charge is 2.12. The van der Waals surface area contributed by atoms with Crippen molar-refractivity contribution in [3.63, 3.8) is 0 Å². The molecule has 0 fully saturated rings. The Bertz CT molecular complexity index is 1380. The molecule has 0 saturated heterocycles. The lowest BCUT2D eigenvalue weighted by molar-refractivity contribution is 1.18. The Balaban J connectivity index is 1.74. The molecule has 5 aromatic rings. The number of aromatic nitrogens is 1. The fraction of sp³-hybridized carbons (Fsp3) is 0. The second-order valence-electron chi connectivity index (χ2n) is 7.00. The first-order valence-electron chi connectivity index (χ1n) is 9.61. The van der Waals surface area contributed by atoms with Gasteiger partial charge in [-0.25, -0.2) is 0 Å². The molecule has 136 valence electrons. The Morgan fingerprint density at radius 2 is 1.34 bits per heavy atom. The number of nitriles is 1. The predicted octanol–water partition coefficient (Wildman–Crippen LogP) is 6.85. The van der Waals surface area contributed by atoms with Crippen molar-refractivity contribution in [1.82, 2.24) is 4.57 Å². The molecule has 0 radical (unpaired) electrons. The Kier molecular flexibility index (Phi) is 4.20. The molecule has 5 rings (SSSR count). The Morgan fingerprint density at radius 3 is 2.10 bits per heavy atom. The largest absolute Gasteiger partial charge is 0.309 e. The van der Waals surface area contributed by atoms with E-state index < -0.39 is 0 Å². The van der Waals surface area contributed by atoms with Crippen LogP contribution in [-0.2, 0) is 0 Å². The van der Waals surface area contributed by atoms with Gasteiger partial charge in [-0.2, -0.15) is 5.26 Å². The number of hydrogen-bond donors (Lipinski definition) is 0. The molecule has 0 aliphatic heterocycles. The zero-order chi connectivity index (χ0) is 19.6. The first-order valence-corrected chi connectivity index (χ1v) is 9.61. The van der Waals surface area contributed by atoms with Gasteiger partial charge in [-0.15, -0.1) is 0 Å². The summed E-state index contributed by atoms with van der Waals surface area (Å²) in [6.45, 7) is 0. The summed E-state index contributed by atoms with van der Waals surface area (Å²) in [5, 5.41) is 12.0. The highest BCUT2D eigenvalue weighted by Crippen LogP contribution is 2.33. The van der Waals surface area contributed by atoms with Crippen LogP contribution in [0.25, 0.3) is 39.1 Å². The zero-order valence-corrected chi connectivity index (χ0v) is 15.8. The first kappa shape index (κ1) is 17.0. The van der Waals surface area contributed by atoms with Gasteiger partial charge in [0.15, 0.2) is 0 Å². The molecule has 0 spiro atoms. The fourth-order valence-corrected chi connectivity index (χ4v) is 3.90. The monoisotopic (exact) mass is 370 g/mol. The van der Waals surface area contributed by atoms with Gasteiger partial charge in [-0.1, -0.05) is 72.8 Å². The van der Waals surface area contributed by atoms with Crippen molar-refractivity contribution in [3.8, 4) is 11.8 Å². The third-order valence-electron chi connectivity index (χ3n) is 5.23. The summed E-state index contributed by atoms with van der Waals surface area (Å²) in [5.74, 6) is 0. The molecule has 0 N–H and O–H groups in total. The fourth-order valence-electron chi connectivity index (χ4n) is 3.90. The van der Waals surface area contributed by atoms with Crippen LogP contribution in [0, 0.1) is 11.3 Å². The van der Waals surface area contributed by atoms with Gasteiger partial charge in [0.2, 0.25) is 0 Å². The van der Waals surface area contributed by atoms with Crippen LogP contribution in [0.1, 0.15) is 11.1 Å². The van der Waals surface area contributed by atoms with E-state index in [-0.39, 0.29) is 0 Å². The van der Waals surface area contributed by atoms with Crippen LogP contribution in [0.3, 0.4) is 0 Å². The van der Waals surface area contributed by atoms with Crippen molar-refractivity contribution in [3.05, 3.63) is 114 Å². The summed E-state index contributed by atoms with van der Waals surface area (Å²) < 4.78 is 2.29. The summed E-state index contributed by atoms with van der Waals surface area (Å²) in [4.78, 5) is 0. The normalized spacial score (nSPS) is 11.6. The molecule has 2 heteroatoms. The average Bonchev–Trinajstić information content (AvgIpc) is 3.12. The van der Waals surface area contributed by atoms with Crippen LogP contribution in [0.2, 0.25) is 0 Å². The summed E-state index contributed by atoms with van der Waals surface area (Å²) >= 11 is 0. The molecular formula is C27H18N2. The highest BCUT2D eigenvalue weighted by atomic mass is 15.0. The Labute approximate surface area is 169 Å². The van der Waals surface area contributed by atoms with E-state index in [0.717, 1.165) is 22.3 Å². The molecule has 0 bridgehead atoms. The second kappa shape index (κ2) is 7.14. The third-order valence-corrected chi connectivity index (χ3v) is 5.23. The second-order valence-corrected chi connectivity index (χ2v) is 7.00. The number of benzene rings is 4. The maximum absolute atomic E-state index is 9.66. The van der Waals surface area contributed by atoms with E-state index in [1.165, 1.54) is 16.3 Å². The van der Waals surface area contributed by atoms with Gasteiger partial charge in [0.05, 0.1) is 22.7 Å². The van der Waals surface area contributed by atoms with Gasteiger partial charge in [0, 0.05) is 16.5 Å². The molecule has 1 heterocycles. The third kappa shape index (κ3) is 2.99. The maximum Gasteiger partial charge on any atom is 0.0998 e. The molecule has 0 aliphatic rings. The minimum Gasteiger partial charge on any atom is -0.309 e. The van der Waals surface area contributed by atoms with Crippen molar-refractivity contribution < 1.29 is 0 Å². The topological polar surface area (TPSA) is 28.7 Å². The molecule has 29 heavy (non-hydrogen) atoms. The van der Waals surface area contributed by atoms with Gasteiger partial charge in [0.1, 0.15) is 0 Å². The number of rotatable bonds is 3. The van der Waals surface area contributed by atoms with Crippen LogP contribution in [0.15, 0.2) is 103 Å².